The molecule has 0 spiro atoms. The molecule has 3 heterocycles. The summed E-state index contributed by atoms with van der Waals surface area (Å²) in [5, 5.41) is 3.08. The van der Waals surface area contributed by atoms with Crippen LogP contribution in [0.3, 0.4) is 0 Å². The van der Waals surface area contributed by atoms with E-state index in [-0.39, 0.29) is 5.91 Å². The second-order valence-electron chi connectivity index (χ2n) is 5.08. The molecule has 4 rings (SSSR count). The average molecular weight is 364 g/mol. The number of carbonyl (C=O) groups excluding carboxylic acids is 1. The number of nitrogens with zero attached hydrogens (tertiary/aromatic N) is 4. The fourth-order valence-corrected chi connectivity index (χ4v) is 3.86. The first-order chi connectivity index (χ1) is 12.3. The first-order valence-corrected chi connectivity index (χ1v) is 9.18. The zero-order valence-corrected chi connectivity index (χ0v) is 14.6. The number of benzene rings is 1. The molecule has 25 heavy (non-hydrogen) atoms. The minimum Gasteiger partial charge on any atom is -0.268 e. The van der Waals surface area contributed by atoms with Crippen LogP contribution in [0.25, 0.3) is 6.08 Å². The number of aliphatic imine (C=N–C) groups is 1. The SMILES string of the molecule is O=C1/C(=C/c2cccnc2)S/C(=N/c2nccs2)N1c1ccccc1. The lowest BCUT2D eigenvalue weighted by Gasteiger charge is -2.14. The summed E-state index contributed by atoms with van der Waals surface area (Å²) in [5.41, 5.74) is 1.66. The third-order valence-electron chi connectivity index (χ3n) is 3.41. The van der Waals surface area contributed by atoms with Gasteiger partial charge in [-0.2, -0.15) is 4.99 Å². The van der Waals surface area contributed by atoms with Crippen molar-refractivity contribution in [1.29, 1.82) is 0 Å². The fourth-order valence-electron chi connectivity index (χ4n) is 2.32. The van der Waals surface area contributed by atoms with E-state index in [0.29, 0.717) is 15.2 Å². The number of anilines is 1. The van der Waals surface area contributed by atoms with Crippen molar-refractivity contribution in [2.24, 2.45) is 4.99 Å². The van der Waals surface area contributed by atoms with Crippen molar-refractivity contribution in [3.63, 3.8) is 0 Å². The molecule has 1 aliphatic heterocycles. The van der Waals surface area contributed by atoms with Crippen molar-refractivity contribution in [3.8, 4) is 0 Å². The van der Waals surface area contributed by atoms with E-state index in [0.717, 1.165) is 11.3 Å². The largest absolute Gasteiger partial charge is 0.271 e. The molecule has 0 aliphatic carbocycles. The Bertz CT molecular complexity index is 938. The van der Waals surface area contributed by atoms with Gasteiger partial charge in [0.15, 0.2) is 5.17 Å². The zero-order chi connectivity index (χ0) is 17.1. The van der Waals surface area contributed by atoms with E-state index in [9.17, 15) is 4.79 Å². The molecule has 5 nitrogen and oxygen atoms in total. The van der Waals surface area contributed by atoms with Gasteiger partial charge >= 0.3 is 0 Å². The summed E-state index contributed by atoms with van der Waals surface area (Å²) in [6, 6.07) is 13.3. The van der Waals surface area contributed by atoms with Gasteiger partial charge in [-0.25, -0.2) is 4.98 Å². The number of amidine groups is 1. The van der Waals surface area contributed by atoms with Crippen LogP contribution < -0.4 is 4.90 Å². The topological polar surface area (TPSA) is 58.5 Å². The maximum Gasteiger partial charge on any atom is 0.271 e. The Morgan fingerprint density at radius 1 is 1.08 bits per heavy atom. The van der Waals surface area contributed by atoms with Gasteiger partial charge in [0, 0.05) is 24.0 Å². The Morgan fingerprint density at radius 3 is 2.68 bits per heavy atom. The third-order valence-corrected chi connectivity index (χ3v) is 5.05. The van der Waals surface area contributed by atoms with Gasteiger partial charge in [-0.3, -0.25) is 14.7 Å². The number of thioether (sulfide) groups is 1. The van der Waals surface area contributed by atoms with Crippen molar-refractivity contribution in [2.75, 3.05) is 4.90 Å². The summed E-state index contributed by atoms with van der Waals surface area (Å²) in [7, 11) is 0. The number of para-hydroxylation sites is 1. The lowest BCUT2D eigenvalue weighted by molar-refractivity contribution is -0.113. The van der Waals surface area contributed by atoms with E-state index in [2.05, 4.69) is 15.0 Å². The summed E-state index contributed by atoms with van der Waals surface area (Å²) in [5.74, 6) is -0.102. The number of rotatable bonds is 3. The number of hydrogen-bond donors (Lipinski definition) is 0. The fraction of sp³-hybridized carbons (Fsp3) is 0. The molecule has 0 saturated carbocycles. The van der Waals surface area contributed by atoms with E-state index < -0.39 is 0 Å². The molecule has 0 unspecified atom stereocenters. The molecule has 0 atom stereocenters. The molecule has 1 aromatic carbocycles. The number of pyridine rings is 1. The van der Waals surface area contributed by atoms with Crippen LogP contribution in [-0.4, -0.2) is 21.0 Å². The molecule has 122 valence electrons. The standard InChI is InChI=1S/C18H12N4OS2/c23-16-15(11-13-5-4-8-19-12-13)25-18(21-17-20-9-10-24-17)22(16)14-6-2-1-3-7-14/h1-12H/b15-11-,21-18+. The van der Waals surface area contributed by atoms with Gasteiger partial charge in [-0.15, -0.1) is 11.3 Å². The molecule has 2 aromatic heterocycles. The smallest absolute Gasteiger partial charge is 0.268 e. The summed E-state index contributed by atoms with van der Waals surface area (Å²) in [6.07, 6.45) is 6.96. The van der Waals surface area contributed by atoms with Gasteiger partial charge in [-0.05, 0) is 41.6 Å². The van der Waals surface area contributed by atoms with Crippen LogP contribution in [0.1, 0.15) is 5.56 Å². The Kier molecular flexibility index (Phi) is 4.41. The van der Waals surface area contributed by atoms with Crippen molar-refractivity contribution < 1.29 is 4.79 Å². The number of aromatic nitrogens is 2. The van der Waals surface area contributed by atoms with Crippen molar-refractivity contribution in [1.82, 2.24) is 9.97 Å². The molecule has 3 aromatic rings. The lowest BCUT2D eigenvalue weighted by atomic mass is 10.2. The number of hydrogen-bond acceptors (Lipinski definition) is 6. The van der Waals surface area contributed by atoms with Crippen LogP contribution in [-0.2, 0) is 4.79 Å². The Balaban J connectivity index is 1.77. The first-order valence-electron chi connectivity index (χ1n) is 7.48. The molecule has 7 heteroatoms. The van der Waals surface area contributed by atoms with Crippen LogP contribution in [0.2, 0.25) is 0 Å². The van der Waals surface area contributed by atoms with Gasteiger partial charge < -0.3 is 0 Å². The Morgan fingerprint density at radius 2 is 1.96 bits per heavy atom. The van der Waals surface area contributed by atoms with Crippen molar-refractivity contribution >= 4 is 51.1 Å². The second-order valence-corrected chi connectivity index (χ2v) is 6.96. The van der Waals surface area contributed by atoms with E-state index in [1.54, 1.807) is 23.5 Å². The first kappa shape index (κ1) is 15.7. The minimum atomic E-state index is -0.102. The highest BCUT2D eigenvalue weighted by Gasteiger charge is 2.34. The Hall–Kier alpha value is -2.77. The molecule has 0 radical (unpaired) electrons. The highest BCUT2D eigenvalue weighted by atomic mass is 32.2. The Labute approximate surface area is 152 Å². The molecule has 1 fully saturated rings. The number of amides is 1. The van der Waals surface area contributed by atoms with Crippen LogP contribution in [0.15, 0.2) is 76.3 Å². The highest BCUT2D eigenvalue weighted by Crippen LogP contribution is 2.37. The monoisotopic (exact) mass is 364 g/mol. The van der Waals surface area contributed by atoms with Gasteiger partial charge in [0.2, 0.25) is 5.13 Å². The summed E-state index contributed by atoms with van der Waals surface area (Å²) in [6.45, 7) is 0. The summed E-state index contributed by atoms with van der Waals surface area (Å²) >= 11 is 2.78. The molecular formula is C18H12N4OS2. The number of carbonyl (C=O) groups is 1. The highest BCUT2D eigenvalue weighted by molar-refractivity contribution is 8.19. The summed E-state index contributed by atoms with van der Waals surface area (Å²) < 4.78 is 0. The minimum absolute atomic E-state index is 0.102. The maximum absolute atomic E-state index is 13.0. The maximum atomic E-state index is 13.0. The van der Waals surface area contributed by atoms with E-state index in [4.69, 9.17) is 0 Å². The van der Waals surface area contributed by atoms with Crippen LogP contribution in [0.5, 0.6) is 0 Å². The predicted molar refractivity (Wildman–Crippen MR) is 103 cm³/mol. The van der Waals surface area contributed by atoms with Crippen LogP contribution in [0, 0.1) is 0 Å². The molecule has 1 saturated heterocycles. The van der Waals surface area contributed by atoms with Gasteiger partial charge in [0.05, 0.1) is 10.6 Å². The second kappa shape index (κ2) is 7.00. The van der Waals surface area contributed by atoms with E-state index >= 15 is 0 Å². The van der Waals surface area contributed by atoms with Gasteiger partial charge in [0.1, 0.15) is 0 Å². The normalized spacial score (nSPS) is 17.6. The molecular weight excluding hydrogens is 352 g/mol. The van der Waals surface area contributed by atoms with Crippen molar-refractivity contribution in [3.05, 3.63) is 76.9 Å². The van der Waals surface area contributed by atoms with Gasteiger partial charge in [0.25, 0.3) is 5.91 Å². The number of thiazole rings is 1. The molecule has 0 N–H and O–H groups in total. The van der Waals surface area contributed by atoms with E-state index in [1.165, 1.54) is 23.1 Å². The molecule has 0 bridgehead atoms. The molecule has 1 amide bonds. The quantitative estimate of drug-likeness (QED) is 0.649. The van der Waals surface area contributed by atoms with Crippen LogP contribution in [0.4, 0.5) is 10.8 Å². The third kappa shape index (κ3) is 3.38. The van der Waals surface area contributed by atoms with Gasteiger partial charge in [-0.1, -0.05) is 24.3 Å². The molecule has 1 aliphatic rings. The summed E-state index contributed by atoms with van der Waals surface area (Å²) in [4.78, 5) is 28.0. The van der Waals surface area contributed by atoms with E-state index in [1.807, 2.05) is 53.9 Å². The zero-order valence-electron chi connectivity index (χ0n) is 12.9. The lowest BCUT2D eigenvalue weighted by Crippen LogP contribution is -2.28. The van der Waals surface area contributed by atoms with Crippen LogP contribution >= 0.6 is 23.1 Å². The van der Waals surface area contributed by atoms with Crippen molar-refractivity contribution in [2.45, 2.75) is 0 Å². The predicted octanol–water partition coefficient (Wildman–Crippen LogP) is 4.35. The average Bonchev–Trinajstić information content (AvgIpc) is 3.26.